The molecular weight excluding hydrogens is 188 g/mol. The molecule has 0 amide bonds. The summed E-state index contributed by atoms with van der Waals surface area (Å²) >= 11 is 0. The fraction of sp³-hybridized carbons (Fsp3) is 0.400. The summed E-state index contributed by atoms with van der Waals surface area (Å²) < 4.78 is 30.1. The largest absolute Gasteiger partial charge is 0.383 e. The van der Waals surface area contributed by atoms with Crippen LogP contribution in [0, 0.1) is 11.6 Å². The molecule has 0 aliphatic carbocycles. The minimum atomic E-state index is -0.814. The lowest BCUT2D eigenvalue weighted by molar-refractivity contribution is 0.199. The maximum atomic E-state index is 12.7. The van der Waals surface area contributed by atoms with Gasteiger partial charge in [-0.15, -0.1) is 0 Å². The highest BCUT2D eigenvalue weighted by Crippen LogP contribution is 2.07. The van der Waals surface area contributed by atoms with E-state index < -0.39 is 11.6 Å². The van der Waals surface area contributed by atoms with Crippen molar-refractivity contribution in [3.8, 4) is 0 Å². The summed E-state index contributed by atoms with van der Waals surface area (Å²) in [5.41, 5.74) is 0.722. The SMILES string of the molecule is COCCNCc1ccc(F)c(F)c1. The van der Waals surface area contributed by atoms with E-state index in [1.54, 1.807) is 13.2 Å². The molecule has 14 heavy (non-hydrogen) atoms. The van der Waals surface area contributed by atoms with E-state index >= 15 is 0 Å². The molecule has 0 radical (unpaired) electrons. The first-order valence-corrected chi connectivity index (χ1v) is 4.37. The van der Waals surface area contributed by atoms with E-state index in [1.165, 1.54) is 6.07 Å². The van der Waals surface area contributed by atoms with E-state index in [2.05, 4.69) is 5.32 Å². The average Bonchev–Trinajstić information content (AvgIpc) is 2.18. The number of hydrogen-bond acceptors (Lipinski definition) is 2. The van der Waals surface area contributed by atoms with Gasteiger partial charge >= 0.3 is 0 Å². The first-order chi connectivity index (χ1) is 6.74. The van der Waals surface area contributed by atoms with E-state index in [0.717, 1.165) is 11.6 Å². The lowest BCUT2D eigenvalue weighted by Crippen LogP contribution is -2.18. The predicted octanol–water partition coefficient (Wildman–Crippen LogP) is 1.70. The molecular formula is C10H13F2NO. The highest BCUT2D eigenvalue weighted by Gasteiger charge is 2.01. The molecule has 0 spiro atoms. The summed E-state index contributed by atoms with van der Waals surface area (Å²) in [4.78, 5) is 0. The molecule has 2 nitrogen and oxygen atoms in total. The molecule has 0 saturated heterocycles. The number of rotatable bonds is 5. The minimum absolute atomic E-state index is 0.514. The molecule has 0 saturated carbocycles. The number of ether oxygens (including phenoxy) is 1. The summed E-state index contributed by atoms with van der Waals surface area (Å²) in [5, 5.41) is 3.04. The highest BCUT2D eigenvalue weighted by atomic mass is 19.2. The van der Waals surface area contributed by atoms with Crippen molar-refractivity contribution in [3.63, 3.8) is 0 Å². The number of halogens is 2. The summed E-state index contributed by atoms with van der Waals surface area (Å²) in [6, 6.07) is 3.87. The van der Waals surface area contributed by atoms with Crippen LogP contribution in [-0.4, -0.2) is 20.3 Å². The topological polar surface area (TPSA) is 21.3 Å². The first-order valence-electron chi connectivity index (χ1n) is 4.37. The fourth-order valence-electron chi connectivity index (χ4n) is 1.06. The Labute approximate surface area is 81.9 Å². The van der Waals surface area contributed by atoms with E-state index in [1.807, 2.05) is 0 Å². The Hall–Kier alpha value is -1.00. The lowest BCUT2D eigenvalue weighted by Gasteiger charge is -2.04. The summed E-state index contributed by atoms with van der Waals surface area (Å²) in [7, 11) is 1.61. The second-order valence-electron chi connectivity index (χ2n) is 2.92. The van der Waals surface area contributed by atoms with E-state index in [4.69, 9.17) is 4.74 Å². The third-order valence-electron chi connectivity index (χ3n) is 1.80. The second-order valence-corrected chi connectivity index (χ2v) is 2.92. The van der Waals surface area contributed by atoms with Gasteiger partial charge in [0.15, 0.2) is 11.6 Å². The zero-order valence-electron chi connectivity index (χ0n) is 8.02. The number of nitrogens with one attached hydrogen (secondary N) is 1. The van der Waals surface area contributed by atoms with E-state index in [-0.39, 0.29) is 0 Å². The molecule has 78 valence electrons. The van der Waals surface area contributed by atoms with Crippen LogP contribution >= 0.6 is 0 Å². The van der Waals surface area contributed by atoms with Crippen LogP contribution in [0.5, 0.6) is 0 Å². The maximum Gasteiger partial charge on any atom is 0.159 e. The standard InChI is InChI=1S/C10H13F2NO/c1-14-5-4-13-7-8-2-3-9(11)10(12)6-8/h2-3,6,13H,4-5,7H2,1H3. The van der Waals surface area contributed by atoms with Crippen molar-refractivity contribution in [2.24, 2.45) is 0 Å². The molecule has 0 bridgehead atoms. The van der Waals surface area contributed by atoms with Crippen LogP contribution in [0.25, 0.3) is 0 Å². The van der Waals surface area contributed by atoms with Crippen LogP contribution in [-0.2, 0) is 11.3 Å². The second kappa shape index (κ2) is 5.67. The quantitative estimate of drug-likeness (QED) is 0.732. The monoisotopic (exact) mass is 201 g/mol. The molecule has 4 heteroatoms. The molecule has 0 atom stereocenters. The lowest BCUT2D eigenvalue weighted by atomic mass is 10.2. The molecule has 1 N–H and O–H groups in total. The highest BCUT2D eigenvalue weighted by molar-refractivity contribution is 5.17. The molecule has 1 aromatic carbocycles. The summed E-state index contributed by atoms with van der Waals surface area (Å²) in [5.74, 6) is -1.62. The third-order valence-corrected chi connectivity index (χ3v) is 1.80. The van der Waals surface area contributed by atoms with E-state index in [0.29, 0.717) is 19.7 Å². The van der Waals surface area contributed by atoms with Gasteiger partial charge in [-0.3, -0.25) is 0 Å². The molecule has 0 unspecified atom stereocenters. The van der Waals surface area contributed by atoms with Gasteiger partial charge in [0.25, 0.3) is 0 Å². The van der Waals surface area contributed by atoms with Crippen LogP contribution in [0.1, 0.15) is 5.56 Å². The van der Waals surface area contributed by atoms with Crippen molar-refractivity contribution in [1.29, 1.82) is 0 Å². The maximum absolute atomic E-state index is 12.7. The Balaban J connectivity index is 2.39. The zero-order valence-corrected chi connectivity index (χ0v) is 8.02. The van der Waals surface area contributed by atoms with Crippen molar-refractivity contribution in [1.82, 2.24) is 5.32 Å². The molecule has 0 heterocycles. The predicted molar refractivity (Wildman–Crippen MR) is 49.9 cm³/mol. The van der Waals surface area contributed by atoms with Crippen LogP contribution in [0.2, 0.25) is 0 Å². The Bertz CT molecular complexity index is 291. The Morgan fingerprint density at radius 3 is 2.71 bits per heavy atom. The first kappa shape index (κ1) is 11.1. The Kier molecular flexibility index (Phi) is 4.49. The van der Waals surface area contributed by atoms with Gasteiger partial charge in [0.05, 0.1) is 6.61 Å². The number of benzene rings is 1. The minimum Gasteiger partial charge on any atom is -0.383 e. The molecule has 0 aliphatic heterocycles. The van der Waals surface area contributed by atoms with Gasteiger partial charge < -0.3 is 10.1 Å². The van der Waals surface area contributed by atoms with Crippen molar-refractivity contribution >= 4 is 0 Å². The molecule has 1 rings (SSSR count). The Morgan fingerprint density at radius 1 is 1.29 bits per heavy atom. The molecule has 0 aliphatic rings. The van der Waals surface area contributed by atoms with Crippen LogP contribution < -0.4 is 5.32 Å². The van der Waals surface area contributed by atoms with Gasteiger partial charge in [-0.25, -0.2) is 8.78 Å². The molecule has 0 fully saturated rings. The van der Waals surface area contributed by atoms with Crippen LogP contribution in [0.3, 0.4) is 0 Å². The van der Waals surface area contributed by atoms with Gasteiger partial charge in [-0.2, -0.15) is 0 Å². The normalized spacial score (nSPS) is 10.5. The van der Waals surface area contributed by atoms with Gasteiger partial charge in [-0.05, 0) is 17.7 Å². The number of methoxy groups -OCH3 is 1. The van der Waals surface area contributed by atoms with Crippen LogP contribution in [0.4, 0.5) is 8.78 Å². The fourth-order valence-corrected chi connectivity index (χ4v) is 1.06. The van der Waals surface area contributed by atoms with Crippen molar-refractivity contribution in [2.45, 2.75) is 6.54 Å². The van der Waals surface area contributed by atoms with Crippen molar-refractivity contribution in [2.75, 3.05) is 20.3 Å². The zero-order chi connectivity index (χ0) is 10.4. The van der Waals surface area contributed by atoms with Crippen molar-refractivity contribution in [3.05, 3.63) is 35.4 Å². The van der Waals surface area contributed by atoms with Crippen molar-refractivity contribution < 1.29 is 13.5 Å². The molecule has 1 aromatic rings. The summed E-state index contributed by atoms with van der Waals surface area (Å²) in [6.07, 6.45) is 0. The van der Waals surface area contributed by atoms with Gasteiger partial charge in [0.1, 0.15) is 0 Å². The van der Waals surface area contributed by atoms with Gasteiger partial charge in [0, 0.05) is 20.2 Å². The van der Waals surface area contributed by atoms with E-state index in [9.17, 15) is 8.78 Å². The average molecular weight is 201 g/mol. The van der Waals surface area contributed by atoms with Gasteiger partial charge in [-0.1, -0.05) is 6.07 Å². The summed E-state index contributed by atoms with van der Waals surface area (Å²) in [6.45, 7) is 1.81. The third kappa shape index (κ3) is 3.40. The van der Waals surface area contributed by atoms with Crippen LogP contribution in [0.15, 0.2) is 18.2 Å². The Morgan fingerprint density at radius 2 is 2.07 bits per heavy atom. The molecule has 0 aromatic heterocycles. The van der Waals surface area contributed by atoms with Gasteiger partial charge in [0.2, 0.25) is 0 Å². The smallest absolute Gasteiger partial charge is 0.159 e. The number of hydrogen-bond donors (Lipinski definition) is 1.